The van der Waals surface area contributed by atoms with Crippen LogP contribution in [0.25, 0.3) is 10.1 Å². The molecule has 0 fully saturated rings. The van der Waals surface area contributed by atoms with Crippen molar-refractivity contribution in [2.75, 3.05) is 18.8 Å². The standard InChI is InChI=1S/C13H14ClN3O2S/c1-2-16-9(18)6-17-13(19)12-11(15)10-7(14)4-3-5-8(10)20-12/h3-5H,2,6,15H2,1H3,(H,16,18)(H,17,19). The van der Waals surface area contributed by atoms with E-state index >= 15 is 0 Å². The number of nitrogens with one attached hydrogen (secondary N) is 2. The number of likely N-dealkylation sites (N-methyl/N-ethyl adjacent to an activating group) is 1. The van der Waals surface area contributed by atoms with Gasteiger partial charge in [-0.2, -0.15) is 0 Å². The van der Waals surface area contributed by atoms with Crippen molar-refractivity contribution >= 4 is 50.5 Å². The molecular weight excluding hydrogens is 298 g/mol. The van der Waals surface area contributed by atoms with E-state index in [1.54, 1.807) is 12.1 Å². The van der Waals surface area contributed by atoms with Crippen molar-refractivity contribution in [3.8, 4) is 0 Å². The second-order valence-corrected chi connectivity index (χ2v) is 5.55. The van der Waals surface area contributed by atoms with Gasteiger partial charge in [-0.05, 0) is 19.1 Å². The lowest BCUT2D eigenvalue weighted by Crippen LogP contribution is -2.36. The first-order valence-electron chi connectivity index (χ1n) is 6.06. The van der Waals surface area contributed by atoms with Crippen molar-refractivity contribution in [2.45, 2.75) is 6.92 Å². The van der Waals surface area contributed by atoms with Crippen LogP contribution in [-0.2, 0) is 4.79 Å². The predicted molar refractivity (Wildman–Crippen MR) is 82.3 cm³/mol. The highest BCUT2D eigenvalue weighted by molar-refractivity contribution is 7.21. The molecule has 1 aromatic carbocycles. The third-order valence-electron chi connectivity index (χ3n) is 2.69. The van der Waals surface area contributed by atoms with E-state index in [0.717, 1.165) is 4.70 Å². The summed E-state index contributed by atoms with van der Waals surface area (Å²) in [6.45, 7) is 2.26. The quantitative estimate of drug-likeness (QED) is 0.807. The number of hydrogen-bond donors (Lipinski definition) is 3. The molecule has 2 rings (SSSR count). The van der Waals surface area contributed by atoms with Crippen LogP contribution >= 0.6 is 22.9 Å². The Morgan fingerprint density at radius 1 is 1.35 bits per heavy atom. The molecular formula is C13H14ClN3O2S. The van der Waals surface area contributed by atoms with E-state index in [1.807, 2.05) is 13.0 Å². The lowest BCUT2D eigenvalue weighted by molar-refractivity contribution is -0.120. The summed E-state index contributed by atoms with van der Waals surface area (Å²) in [6.07, 6.45) is 0. The van der Waals surface area contributed by atoms with Gasteiger partial charge in [-0.3, -0.25) is 9.59 Å². The van der Waals surface area contributed by atoms with Crippen LogP contribution in [0.2, 0.25) is 5.02 Å². The fraction of sp³-hybridized carbons (Fsp3) is 0.231. The molecule has 20 heavy (non-hydrogen) atoms. The Bertz CT molecular complexity index is 669. The fourth-order valence-corrected chi connectivity index (χ4v) is 3.20. The van der Waals surface area contributed by atoms with Gasteiger partial charge in [0.15, 0.2) is 0 Å². The second kappa shape index (κ2) is 6.11. The number of rotatable bonds is 4. The molecule has 0 spiro atoms. The van der Waals surface area contributed by atoms with Gasteiger partial charge in [0.25, 0.3) is 5.91 Å². The summed E-state index contributed by atoms with van der Waals surface area (Å²) in [5.74, 6) is -0.607. The summed E-state index contributed by atoms with van der Waals surface area (Å²) >= 11 is 7.34. The average Bonchev–Trinajstić information content (AvgIpc) is 2.75. The zero-order valence-corrected chi connectivity index (χ0v) is 12.4. The summed E-state index contributed by atoms with van der Waals surface area (Å²) in [5.41, 5.74) is 6.32. The van der Waals surface area contributed by atoms with E-state index in [0.29, 0.717) is 27.5 Å². The van der Waals surface area contributed by atoms with E-state index in [-0.39, 0.29) is 18.4 Å². The van der Waals surface area contributed by atoms with Gasteiger partial charge in [0, 0.05) is 16.6 Å². The molecule has 0 radical (unpaired) electrons. The lowest BCUT2D eigenvalue weighted by Gasteiger charge is -2.04. The Morgan fingerprint density at radius 3 is 2.75 bits per heavy atom. The van der Waals surface area contributed by atoms with Crippen molar-refractivity contribution in [3.63, 3.8) is 0 Å². The Balaban J connectivity index is 2.21. The number of carbonyl (C=O) groups excluding carboxylic acids is 2. The first kappa shape index (κ1) is 14.6. The molecule has 2 amide bonds. The Kier molecular flexibility index (Phi) is 4.46. The Labute approximate surface area is 125 Å². The normalized spacial score (nSPS) is 10.5. The van der Waals surface area contributed by atoms with Gasteiger partial charge in [-0.15, -0.1) is 11.3 Å². The Hall–Kier alpha value is -1.79. The number of carbonyl (C=O) groups is 2. The van der Waals surface area contributed by atoms with Gasteiger partial charge in [-0.25, -0.2) is 0 Å². The van der Waals surface area contributed by atoms with Crippen LogP contribution in [0.5, 0.6) is 0 Å². The number of hydrogen-bond acceptors (Lipinski definition) is 4. The van der Waals surface area contributed by atoms with Gasteiger partial charge in [0.05, 0.1) is 17.3 Å². The molecule has 0 saturated heterocycles. The molecule has 5 nitrogen and oxygen atoms in total. The lowest BCUT2D eigenvalue weighted by atomic mass is 10.2. The number of benzene rings is 1. The largest absolute Gasteiger partial charge is 0.397 e. The van der Waals surface area contributed by atoms with Crippen LogP contribution in [-0.4, -0.2) is 24.9 Å². The van der Waals surface area contributed by atoms with Crippen molar-refractivity contribution < 1.29 is 9.59 Å². The molecule has 106 valence electrons. The van der Waals surface area contributed by atoms with E-state index in [2.05, 4.69) is 10.6 Å². The summed E-state index contributed by atoms with van der Waals surface area (Å²) in [7, 11) is 0. The summed E-state index contributed by atoms with van der Waals surface area (Å²) in [5, 5.41) is 6.34. The number of anilines is 1. The van der Waals surface area contributed by atoms with Gasteiger partial charge >= 0.3 is 0 Å². The maximum atomic E-state index is 12.1. The molecule has 0 unspecified atom stereocenters. The third kappa shape index (κ3) is 2.86. The smallest absolute Gasteiger partial charge is 0.263 e. The summed E-state index contributed by atoms with van der Waals surface area (Å²) < 4.78 is 0.846. The highest BCUT2D eigenvalue weighted by atomic mass is 35.5. The molecule has 1 aromatic heterocycles. The maximum absolute atomic E-state index is 12.1. The molecule has 0 atom stereocenters. The number of fused-ring (bicyclic) bond motifs is 1. The number of nitrogen functional groups attached to an aromatic ring is 1. The van der Waals surface area contributed by atoms with Gasteiger partial charge in [-0.1, -0.05) is 17.7 Å². The van der Waals surface area contributed by atoms with Crippen LogP contribution in [0.4, 0.5) is 5.69 Å². The average molecular weight is 312 g/mol. The first-order valence-corrected chi connectivity index (χ1v) is 7.25. The summed E-state index contributed by atoms with van der Waals surface area (Å²) in [6, 6.07) is 5.38. The SMILES string of the molecule is CCNC(=O)CNC(=O)c1sc2cccc(Cl)c2c1N. The van der Waals surface area contributed by atoms with E-state index in [9.17, 15) is 9.59 Å². The van der Waals surface area contributed by atoms with Gasteiger partial charge < -0.3 is 16.4 Å². The minimum atomic E-state index is -0.369. The molecule has 0 aliphatic heterocycles. The number of amides is 2. The van der Waals surface area contributed by atoms with Gasteiger partial charge in [0.2, 0.25) is 5.91 Å². The third-order valence-corrected chi connectivity index (χ3v) is 4.18. The van der Waals surface area contributed by atoms with Crippen molar-refractivity contribution in [2.24, 2.45) is 0 Å². The zero-order chi connectivity index (χ0) is 14.7. The minimum absolute atomic E-state index is 0.0753. The first-order chi connectivity index (χ1) is 9.54. The highest BCUT2D eigenvalue weighted by Gasteiger charge is 2.18. The van der Waals surface area contributed by atoms with Crippen LogP contribution in [0, 0.1) is 0 Å². The van der Waals surface area contributed by atoms with Crippen LogP contribution in [0.1, 0.15) is 16.6 Å². The van der Waals surface area contributed by atoms with Crippen LogP contribution in [0.3, 0.4) is 0 Å². The zero-order valence-electron chi connectivity index (χ0n) is 10.8. The minimum Gasteiger partial charge on any atom is -0.397 e. The summed E-state index contributed by atoms with van der Waals surface area (Å²) in [4.78, 5) is 23.7. The van der Waals surface area contributed by atoms with Crippen LogP contribution < -0.4 is 16.4 Å². The molecule has 0 saturated carbocycles. The monoisotopic (exact) mass is 311 g/mol. The van der Waals surface area contributed by atoms with Crippen LogP contribution in [0.15, 0.2) is 18.2 Å². The Morgan fingerprint density at radius 2 is 2.10 bits per heavy atom. The predicted octanol–water partition coefficient (Wildman–Crippen LogP) is 2.00. The van der Waals surface area contributed by atoms with Crippen molar-refractivity contribution in [3.05, 3.63) is 28.1 Å². The number of nitrogens with two attached hydrogens (primary N) is 1. The molecule has 0 aliphatic rings. The molecule has 0 bridgehead atoms. The second-order valence-electron chi connectivity index (χ2n) is 4.09. The molecule has 1 heterocycles. The van der Waals surface area contributed by atoms with E-state index in [1.165, 1.54) is 11.3 Å². The molecule has 7 heteroatoms. The maximum Gasteiger partial charge on any atom is 0.263 e. The number of halogens is 1. The number of thiophene rings is 1. The van der Waals surface area contributed by atoms with Crippen molar-refractivity contribution in [1.82, 2.24) is 10.6 Å². The fourth-order valence-electron chi connectivity index (χ4n) is 1.80. The highest BCUT2D eigenvalue weighted by Crippen LogP contribution is 2.37. The molecule has 2 aromatic rings. The van der Waals surface area contributed by atoms with Gasteiger partial charge in [0.1, 0.15) is 4.88 Å². The topological polar surface area (TPSA) is 84.2 Å². The molecule has 0 aliphatic carbocycles. The van der Waals surface area contributed by atoms with Crippen molar-refractivity contribution in [1.29, 1.82) is 0 Å². The molecule has 4 N–H and O–H groups in total. The van der Waals surface area contributed by atoms with E-state index < -0.39 is 0 Å². The van der Waals surface area contributed by atoms with E-state index in [4.69, 9.17) is 17.3 Å².